The average molecular weight is 439 g/mol. The minimum absolute atomic E-state index is 0.0251. The Hall–Kier alpha value is -0.830. The summed E-state index contributed by atoms with van der Waals surface area (Å²) in [6.07, 6.45) is 16.0. The smallest absolute Gasteiger partial charge is 0.305 e. The zero-order chi connectivity index (χ0) is 19.6. The van der Waals surface area contributed by atoms with Crippen molar-refractivity contribution in [3.8, 4) is 0 Å². The summed E-state index contributed by atoms with van der Waals surface area (Å²) in [5.74, 6) is -0.0251. The first-order chi connectivity index (χ1) is 13.3. The van der Waals surface area contributed by atoms with Gasteiger partial charge in [0.25, 0.3) is 0 Å². The van der Waals surface area contributed by atoms with Crippen LogP contribution in [0.4, 0.5) is 0 Å². The molecule has 27 heavy (non-hydrogen) atoms. The van der Waals surface area contributed by atoms with Gasteiger partial charge in [-0.2, -0.15) is 0 Å². The summed E-state index contributed by atoms with van der Waals surface area (Å²) in [6.45, 7) is 2.82. The highest BCUT2D eigenvalue weighted by Gasteiger charge is 2.03. The van der Waals surface area contributed by atoms with Crippen LogP contribution < -0.4 is 0 Å². The molecule has 0 aliphatic carbocycles. The number of aryl methyl sites for hydroxylation is 2. The van der Waals surface area contributed by atoms with Gasteiger partial charge in [0, 0.05) is 11.8 Å². The number of ether oxygens (including phenoxy) is 1. The molecule has 154 valence electrons. The molecule has 2 nitrogen and oxygen atoms in total. The van der Waals surface area contributed by atoms with E-state index in [1.54, 1.807) is 0 Å². The van der Waals surface area contributed by atoms with Crippen LogP contribution in [0.3, 0.4) is 0 Å². The second-order valence-corrected chi connectivity index (χ2v) is 8.30. The zero-order valence-electron chi connectivity index (χ0n) is 17.3. The largest absolute Gasteiger partial charge is 0.466 e. The van der Waals surface area contributed by atoms with Crippen LogP contribution in [0, 0.1) is 0 Å². The SMILES string of the molecule is CCCCCCc1ccc(CCCCOC(=O)CCCCCCCBr)cc1. The van der Waals surface area contributed by atoms with Crippen molar-refractivity contribution in [2.45, 2.75) is 96.8 Å². The van der Waals surface area contributed by atoms with Crippen LogP contribution >= 0.6 is 15.9 Å². The molecule has 0 bridgehead atoms. The Morgan fingerprint density at radius 2 is 1.33 bits per heavy atom. The molecule has 1 rings (SSSR count). The van der Waals surface area contributed by atoms with Crippen molar-refractivity contribution in [3.05, 3.63) is 35.4 Å². The number of esters is 1. The first-order valence-corrected chi connectivity index (χ1v) is 12.2. The van der Waals surface area contributed by atoms with Crippen molar-refractivity contribution < 1.29 is 9.53 Å². The number of carbonyl (C=O) groups excluding carboxylic acids is 1. The Kier molecular flexibility index (Phi) is 15.5. The van der Waals surface area contributed by atoms with E-state index in [1.165, 1.54) is 62.5 Å². The molecule has 1 aromatic rings. The van der Waals surface area contributed by atoms with Crippen LogP contribution in [0.1, 0.15) is 95.1 Å². The highest BCUT2D eigenvalue weighted by atomic mass is 79.9. The van der Waals surface area contributed by atoms with E-state index in [0.29, 0.717) is 13.0 Å². The van der Waals surface area contributed by atoms with E-state index in [0.717, 1.165) is 37.4 Å². The zero-order valence-corrected chi connectivity index (χ0v) is 18.9. The number of rotatable bonds is 17. The molecule has 0 radical (unpaired) electrons. The summed E-state index contributed by atoms with van der Waals surface area (Å²) in [5, 5.41) is 1.08. The summed E-state index contributed by atoms with van der Waals surface area (Å²) in [5.41, 5.74) is 2.85. The Labute approximate surface area is 175 Å². The van der Waals surface area contributed by atoms with Gasteiger partial charge in [-0.3, -0.25) is 4.79 Å². The quantitative estimate of drug-likeness (QED) is 0.143. The van der Waals surface area contributed by atoms with Gasteiger partial charge in [-0.25, -0.2) is 0 Å². The molecule has 0 saturated heterocycles. The van der Waals surface area contributed by atoms with Crippen LogP contribution in [0.25, 0.3) is 0 Å². The first kappa shape index (κ1) is 24.2. The molecule has 0 aliphatic rings. The first-order valence-electron chi connectivity index (χ1n) is 11.1. The van der Waals surface area contributed by atoms with Gasteiger partial charge >= 0.3 is 5.97 Å². The van der Waals surface area contributed by atoms with Gasteiger partial charge in [-0.05, 0) is 56.1 Å². The van der Waals surface area contributed by atoms with E-state index >= 15 is 0 Å². The molecule has 3 heteroatoms. The van der Waals surface area contributed by atoms with Gasteiger partial charge in [-0.1, -0.05) is 85.6 Å². The lowest BCUT2D eigenvalue weighted by atomic mass is 10.0. The Morgan fingerprint density at radius 1 is 0.778 bits per heavy atom. The summed E-state index contributed by atoms with van der Waals surface area (Å²) in [7, 11) is 0. The lowest BCUT2D eigenvalue weighted by Crippen LogP contribution is -2.06. The second kappa shape index (κ2) is 17.3. The molecule has 0 saturated carbocycles. The predicted octanol–water partition coefficient (Wildman–Crippen LogP) is 7.41. The van der Waals surface area contributed by atoms with Crippen LogP contribution in [-0.4, -0.2) is 17.9 Å². The summed E-state index contributed by atoms with van der Waals surface area (Å²) in [4.78, 5) is 11.7. The maximum absolute atomic E-state index is 11.7. The third-order valence-electron chi connectivity index (χ3n) is 4.98. The van der Waals surface area contributed by atoms with E-state index in [1.807, 2.05) is 0 Å². The molecular weight excluding hydrogens is 400 g/mol. The monoisotopic (exact) mass is 438 g/mol. The van der Waals surface area contributed by atoms with E-state index in [9.17, 15) is 4.79 Å². The molecule has 0 spiro atoms. The number of benzene rings is 1. The fraction of sp³-hybridized carbons (Fsp3) is 0.708. The van der Waals surface area contributed by atoms with Crippen LogP contribution in [0.5, 0.6) is 0 Å². The van der Waals surface area contributed by atoms with Gasteiger partial charge in [0.15, 0.2) is 0 Å². The number of unbranched alkanes of at least 4 members (excludes halogenated alkanes) is 8. The normalized spacial score (nSPS) is 10.9. The van der Waals surface area contributed by atoms with E-state index in [-0.39, 0.29) is 5.97 Å². The Bertz CT molecular complexity index is 470. The Balaban J connectivity index is 2.00. The minimum Gasteiger partial charge on any atom is -0.466 e. The fourth-order valence-corrected chi connectivity index (χ4v) is 3.61. The maximum atomic E-state index is 11.7. The highest BCUT2D eigenvalue weighted by Crippen LogP contribution is 2.12. The Morgan fingerprint density at radius 3 is 1.96 bits per heavy atom. The molecule has 0 atom stereocenters. The van der Waals surface area contributed by atoms with E-state index < -0.39 is 0 Å². The van der Waals surface area contributed by atoms with Crippen LogP contribution in [0.2, 0.25) is 0 Å². The standard InChI is InChI=1S/C24H39BrO2/c1-2-3-4-8-13-22-16-18-23(19-17-22)14-10-12-21-27-24(26)15-9-6-5-7-11-20-25/h16-19H,2-15,20-21H2,1H3. The molecule has 0 N–H and O–H groups in total. The number of halogens is 1. The van der Waals surface area contributed by atoms with Crippen molar-refractivity contribution >= 4 is 21.9 Å². The average Bonchev–Trinajstić information content (AvgIpc) is 2.69. The summed E-state index contributed by atoms with van der Waals surface area (Å²) >= 11 is 3.44. The molecule has 0 unspecified atom stereocenters. The third kappa shape index (κ3) is 13.9. The van der Waals surface area contributed by atoms with Crippen LogP contribution in [-0.2, 0) is 22.4 Å². The highest BCUT2D eigenvalue weighted by molar-refractivity contribution is 9.09. The van der Waals surface area contributed by atoms with E-state index in [2.05, 4.69) is 47.1 Å². The van der Waals surface area contributed by atoms with Crippen molar-refractivity contribution in [2.75, 3.05) is 11.9 Å². The molecular formula is C24H39BrO2. The van der Waals surface area contributed by atoms with Crippen molar-refractivity contribution in [1.82, 2.24) is 0 Å². The number of hydrogen-bond acceptors (Lipinski definition) is 2. The van der Waals surface area contributed by atoms with Gasteiger partial charge in [0.05, 0.1) is 6.61 Å². The van der Waals surface area contributed by atoms with Gasteiger partial charge in [0.2, 0.25) is 0 Å². The number of alkyl halides is 1. The lowest BCUT2D eigenvalue weighted by Gasteiger charge is -2.06. The third-order valence-corrected chi connectivity index (χ3v) is 5.54. The molecule has 0 heterocycles. The molecule has 0 aliphatic heterocycles. The molecule has 0 fully saturated rings. The number of carbonyl (C=O) groups is 1. The summed E-state index contributed by atoms with van der Waals surface area (Å²) in [6, 6.07) is 9.08. The van der Waals surface area contributed by atoms with Crippen LogP contribution in [0.15, 0.2) is 24.3 Å². The molecule has 0 aromatic heterocycles. The topological polar surface area (TPSA) is 26.3 Å². The van der Waals surface area contributed by atoms with Crippen molar-refractivity contribution in [2.24, 2.45) is 0 Å². The molecule has 1 aromatic carbocycles. The predicted molar refractivity (Wildman–Crippen MR) is 120 cm³/mol. The van der Waals surface area contributed by atoms with Crippen molar-refractivity contribution in [3.63, 3.8) is 0 Å². The lowest BCUT2D eigenvalue weighted by molar-refractivity contribution is -0.143. The second-order valence-electron chi connectivity index (χ2n) is 7.51. The summed E-state index contributed by atoms with van der Waals surface area (Å²) < 4.78 is 5.34. The maximum Gasteiger partial charge on any atom is 0.305 e. The number of hydrogen-bond donors (Lipinski definition) is 0. The van der Waals surface area contributed by atoms with E-state index in [4.69, 9.17) is 4.74 Å². The van der Waals surface area contributed by atoms with Crippen molar-refractivity contribution in [1.29, 1.82) is 0 Å². The fourth-order valence-electron chi connectivity index (χ4n) is 3.21. The minimum atomic E-state index is -0.0251. The van der Waals surface area contributed by atoms with Gasteiger partial charge < -0.3 is 4.74 Å². The van der Waals surface area contributed by atoms with Gasteiger partial charge in [-0.15, -0.1) is 0 Å². The van der Waals surface area contributed by atoms with Gasteiger partial charge in [0.1, 0.15) is 0 Å². The molecule has 0 amide bonds.